The van der Waals surface area contributed by atoms with Gasteiger partial charge in [0.25, 0.3) is 0 Å². The fraction of sp³-hybridized carbons (Fsp3) is 0.235. The lowest BCUT2D eigenvalue weighted by Gasteiger charge is -2.16. The van der Waals surface area contributed by atoms with Gasteiger partial charge < -0.3 is 0 Å². The first-order valence-electron chi connectivity index (χ1n) is 6.78. The van der Waals surface area contributed by atoms with Crippen molar-refractivity contribution in [2.24, 2.45) is 5.92 Å². The molecule has 1 heterocycles. The molecule has 0 N–H and O–H groups in total. The minimum atomic E-state index is 0.117. The predicted molar refractivity (Wildman–Crippen MR) is 76.8 cm³/mol. The summed E-state index contributed by atoms with van der Waals surface area (Å²) < 4.78 is 2.21. The van der Waals surface area contributed by atoms with E-state index in [1.165, 1.54) is 17.7 Å². The van der Waals surface area contributed by atoms with Gasteiger partial charge in [-0.2, -0.15) is 5.10 Å². The van der Waals surface area contributed by atoms with Crippen LogP contribution in [-0.4, -0.2) is 9.78 Å². The maximum atomic E-state index is 4.85. The quantitative estimate of drug-likeness (QED) is 0.792. The average Bonchev–Trinajstić information content (AvgIpc) is 3.08. The third kappa shape index (κ3) is 1.53. The van der Waals surface area contributed by atoms with Gasteiger partial charge in [-0.3, -0.25) is 4.68 Å². The fourth-order valence-electron chi connectivity index (χ4n) is 3.10. The molecule has 4 rings (SSSR count). The predicted octanol–water partition coefficient (Wildman–Crippen LogP) is 3.70. The van der Waals surface area contributed by atoms with Crippen LogP contribution in [0.15, 0.2) is 60.7 Å². The lowest BCUT2D eigenvalue weighted by atomic mass is 10.1. The van der Waals surface area contributed by atoms with Crippen molar-refractivity contribution in [1.29, 1.82) is 0 Å². The Hall–Kier alpha value is -2.09. The molecule has 0 saturated heterocycles. The Bertz CT molecular complexity index is 679. The first-order valence-corrected chi connectivity index (χ1v) is 6.78. The van der Waals surface area contributed by atoms with E-state index in [9.17, 15) is 0 Å². The van der Waals surface area contributed by atoms with Crippen LogP contribution in [0.4, 0.5) is 0 Å². The van der Waals surface area contributed by atoms with Crippen molar-refractivity contribution in [3.05, 3.63) is 66.4 Å². The number of hydrogen-bond acceptors (Lipinski definition) is 1. The molecule has 2 aromatic rings. The summed E-state index contributed by atoms with van der Waals surface area (Å²) in [5.41, 5.74) is 3.61. The van der Waals surface area contributed by atoms with Crippen LogP contribution in [0.25, 0.3) is 11.3 Å². The van der Waals surface area contributed by atoms with Gasteiger partial charge in [0.1, 0.15) is 0 Å². The summed E-state index contributed by atoms with van der Waals surface area (Å²) in [7, 11) is 0. The van der Waals surface area contributed by atoms with Crippen molar-refractivity contribution in [1.82, 2.24) is 9.78 Å². The molecule has 2 aliphatic carbocycles. The first kappa shape index (κ1) is 10.8. The third-order valence-corrected chi connectivity index (χ3v) is 4.22. The van der Waals surface area contributed by atoms with Crippen molar-refractivity contribution in [2.45, 2.75) is 18.9 Å². The van der Waals surface area contributed by atoms with Crippen LogP contribution in [0.3, 0.4) is 0 Å². The van der Waals surface area contributed by atoms with E-state index >= 15 is 0 Å². The number of aryl methyl sites for hydroxylation is 1. The molecule has 2 heteroatoms. The van der Waals surface area contributed by atoms with Crippen molar-refractivity contribution in [3.63, 3.8) is 0 Å². The Morgan fingerprint density at radius 2 is 2.05 bits per heavy atom. The Labute approximate surface area is 113 Å². The SMILES string of the molecule is Cc1cc(-c2ccccc2)nn1C12C=CC=CC1C2. The number of benzene rings is 1. The summed E-state index contributed by atoms with van der Waals surface area (Å²) in [5, 5.41) is 4.85. The second kappa shape index (κ2) is 3.70. The normalized spacial score (nSPS) is 27.3. The van der Waals surface area contributed by atoms with Gasteiger partial charge in [-0.05, 0) is 19.4 Å². The van der Waals surface area contributed by atoms with Crippen molar-refractivity contribution in [2.75, 3.05) is 0 Å². The topological polar surface area (TPSA) is 17.8 Å². The number of hydrogen-bond donors (Lipinski definition) is 0. The molecule has 2 nitrogen and oxygen atoms in total. The average molecular weight is 248 g/mol. The van der Waals surface area contributed by atoms with E-state index in [1.807, 2.05) is 6.07 Å². The van der Waals surface area contributed by atoms with Gasteiger partial charge in [0, 0.05) is 17.2 Å². The number of fused-ring (bicyclic) bond motifs is 1. The number of rotatable bonds is 2. The molecular weight excluding hydrogens is 232 g/mol. The van der Waals surface area contributed by atoms with E-state index in [-0.39, 0.29) is 5.54 Å². The van der Waals surface area contributed by atoms with Crippen molar-refractivity contribution < 1.29 is 0 Å². The second-order valence-electron chi connectivity index (χ2n) is 5.49. The number of nitrogens with zero attached hydrogens (tertiary/aromatic N) is 2. The van der Waals surface area contributed by atoms with E-state index in [0.29, 0.717) is 5.92 Å². The number of allylic oxidation sites excluding steroid dienone is 4. The summed E-state index contributed by atoms with van der Waals surface area (Å²) in [6, 6.07) is 12.6. The molecule has 1 fully saturated rings. The molecule has 0 bridgehead atoms. The minimum Gasteiger partial charge on any atom is -0.259 e. The Morgan fingerprint density at radius 3 is 2.84 bits per heavy atom. The van der Waals surface area contributed by atoms with Crippen LogP contribution in [0.1, 0.15) is 12.1 Å². The largest absolute Gasteiger partial charge is 0.259 e. The van der Waals surface area contributed by atoms with Crippen LogP contribution in [0.2, 0.25) is 0 Å². The molecule has 0 spiro atoms. The fourth-order valence-corrected chi connectivity index (χ4v) is 3.10. The zero-order valence-corrected chi connectivity index (χ0v) is 11.0. The maximum Gasteiger partial charge on any atom is 0.0926 e. The van der Waals surface area contributed by atoms with Crippen LogP contribution < -0.4 is 0 Å². The molecule has 2 aliphatic rings. The molecule has 94 valence electrons. The molecule has 2 atom stereocenters. The lowest BCUT2D eigenvalue weighted by molar-refractivity contribution is 0.488. The van der Waals surface area contributed by atoms with E-state index in [2.05, 4.69) is 66.2 Å². The molecule has 0 aliphatic heterocycles. The zero-order valence-electron chi connectivity index (χ0n) is 11.0. The second-order valence-corrected chi connectivity index (χ2v) is 5.49. The smallest absolute Gasteiger partial charge is 0.0926 e. The monoisotopic (exact) mass is 248 g/mol. The summed E-state index contributed by atoms with van der Waals surface area (Å²) in [6.45, 7) is 2.15. The van der Waals surface area contributed by atoms with Crippen LogP contribution >= 0.6 is 0 Å². The Kier molecular flexibility index (Phi) is 2.10. The summed E-state index contributed by atoms with van der Waals surface area (Å²) >= 11 is 0. The Balaban J connectivity index is 1.78. The van der Waals surface area contributed by atoms with Gasteiger partial charge in [-0.25, -0.2) is 0 Å². The Morgan fingerprint density at radius 1 is 1.21 bits per heavy atom. The van der Waals surface area contributed by atoms with Crippen LogP contribution in [0, 0.1) is 12.8 Å². The molecule has 1 aromatic carbocycles. The van der Waals surface area contributed by atoms with E-state index in [0.717, 1.165) is 5.69 Å². The zero-order chi connectivity index (χ0) is 12.9. The standard InChI is InChI=1S/C17H16N2/c1-13-11-16(14-7-3-2-4-8-14)18-19(13)17-10-6-5-9-15(17)12-17/h2-11,15H,12H2,1H3. The first-order chi connectivity index (χ1) is 9.29. The molecular formula is C17H16N2. The molecule has 1 saturated carbocycles. The van der Waals surface area contributed by atoms with E-state index in [4.69, 9.17) is 5.10 Å². The summed E-state index contributed by atoms with van der Waals surface area (Å²) in [6.07, 6.45) is 10.1. The third-order valence-electron chi connectivity index (χ3n) is 4.22. The molecule has 1 aromatic heterocycles. The van der Waals surface area contributed by atoms with Crippen LogP contribution in [-0.2, 0) is 5.54 Å². The molecule has 19 heavy (non-hydrogen) atoms. The highest BCUT2D eigenvalue weighted by atomic mass is 15.4. The molecule has 0 amide bonds. The van der Waals surface area contributed by atoms with Crippen molar-refractivity contribution >= 4 is 0 Å². The highest BCUT2D eigenvalue weighted by Crippen LogP contribution is 2.54. The minimum absolute atomic E-state index is 0.117. The summed E-state index contributed by atoms with van der Waals surface area (Å²) in [5.74, 6) is 0.625. The highest BCUT2D eigenvalue weighted by Gasteiger charge is 2.54. The lowest BCUT2D eigenvalue weighted by Crippen LogP contribution is -2.20. The molecule has 0 radical (unpaired) electrons. The highest BCUT2D eigenvalue weighted by molar-refractivity contribution is 5.59. The van der Waals surface area contributed by atoms with Gasteiger partial charge in [-0.15, -0.1) is 0 Å². The summed E-state index contributed by atoms with van der Waals surface area (Å²) in [4.78, 5) is 0. The van der Waals surface area contributed by atoms with Crippen molar-refractivity contribution in [3.8, 4) is 11.3 Å². The van der Waals surface area contributed by atoms with Gasteiger partial charge in [0.05, 0.1) is 11.2 Å². The van der Waals surface area contributed by atoms with E-state index < -0.39 is 0 Å². The van der Waals surface area contributed by atoms with Gasteiger partial charge >= 0.3 is 0 Å². The van der Waals surface area contributed by atoms with Gasteiger partial charge in [-0.1, -0.05) is 54.6 Å². The van der Waals surface area contributed by atoms with Gasteiger partial charge in [0.15, 0.2) is 0 Å². The van der Waals surface area contributed by atoms with Gasteiger partial charge in [0.2, 0.25) is 0 Å². The molecule has 2 unspecified atom stereocenters. The maximum absolute atomic E-state index is 4.85. The van der Waals surface area contributed by atoms with Crippen LogP contribution in [0.5, 0.6) is 0 Å². The number of aromatic nitrogens is 2. The van der Waals surface area contributed by atoms with E-state index in [1.54, 1.807) is 0 Å².